The number of allylic oxidation sites excluding steroid dienone is 2. The Bertz CT molecular complexity index is 105. The highest BCUT2D eigenvalue weighted by Gasteiger charge is 1.88. The zero-order valence-corrected chi connectivity index (χ0v) is 4.87. The van der Waals surface area contributed by atoms with Crippen LogP contribution in [0, 0.1) is 0 Å². The van der Waals surface area contributed by atoms with Crippen LogP contribution in [-0.2, 0) is 0 Å². The van der Waals surface area contributed by atoms with Crippen LogP contribution in [0.4, 0.5) is 0 Å². The van der Waals surface area contributed by atoms with Crippen molar-refractivity contribution >= 4 is 11.6 Å². The average molecular weight is 119 g/mol. The SMILES string of the molecule is C=C(O)/C(Cl)=C\C. The maximum absolute atomic E-state index is 8.43. The van der Waals surface area contributed by atoms with Crippen LogP contribution in [0.15, 0.2) is 23.4 Å². The first kappa shape index (κ1) is 6.57. The number of hydrogen-bond donors (Lipinski definition) is 1. The molecule has 0 aliphatic rings. The fourth-order valence-corrected chi connectivity index (χ4v) is 0.167. The van der Waals surface area contributed by atoms with Crippen LogP contribution < -0.4 is 0 Å². The van der Waals surface area contributed by atoms with E-state index in [0.29, 0.717) is 5.03 Å². The molecule has 0 aliphatic heterocycles. The van der Waals surface area contributed by atoms with E-state index in [1.807, 2.05) is 0 Å². The van der Waals surface area contributed by atoms with Gasteiger partial charge in [-0.15, -0.1) is 0 Å². The molecule has 0 saturated carbocycles. The Morgan fingerprint density at radius 2 is 2.29 bits per heavy atom. The Balaban J connectivity index is 3.82. The van der Waals surface area contributed by atoms with E-state index in [9.17, 15) is 0 Å². The quantitative estimate of drug-likeness (QED) is 0.414. The second kappa shape index (κ2) is 2.69. The summed E-state index contributed by atoms with van der Waals surface area (Å²) < 4.78 is 0. The van der Waals surface area contributed by atoms with Gasteiger partial charge in [-0.2, -0.15) is 0 Å². The third-order valence-corrected chi connectivity index (χ3v) is 0.965. The van der Waals surface area contributed by atoms with Crippen LogP contribution in [0.2, 0.25) is 0 Å². The maximum atomic E-state index is 8.43. The number of halogens is 1. The van der Waals surface area contributed by atoms with Gasteiger partial charge >= 0.3 is 0 Å². The van der Waals surface area contributed by atoms with Crippen LogP contribution >= 0.6 is 11.6 Å². The molecule has 0 radical (unpaired) electrons. The van der Waals surface area contributed by atoms with E-state index < -0.39 is 0 Å². The molecule has 0 spiro atoms. The molecule has 0 bridgehead atoms. The molecule has 0 aromatic rings. The van der Waals surface area contributed by atoms with Crippen LogP contribution in [0.5, 0.6) is 0 Å². The summed E-state index contributed by atoms with van der Waals surface area (Å²) in [6.07, 6.45) is 1.57. The van der Waals surface area contributed by atoms with E-state index in [2.05, 4.69) is 6.58 Å². The summed E-state index contributed by atoms with van der Waals surface area (Å²) in [5.41, 5.74) is 0. The molecule has 2 heteroatoms. The Labute approximate surface area is 47.9 Å². The first-order valence-corrected chi connectivity index (χ1v) is 2.26. The van der Waals surface area contributed by atoms with E-state index in [1.54, 1.807) is 13.0 Å². The molecule has 0 aromatic carbocycles. The van der Waals surface area contributed by atoms with Gasteiger partial charge in [0.2, 0.25) is 0 Å². The van der Waals surface area contributed by atoms with Crippen molar-refractivity contribution in [3.63, 3.8) is 0 Å². The predicted molar refractivity (Wildman–Crippen MR) is 31.4 cm³/mol. The maximum Gasteiger partial charge on any atom is 0.126 e. The van der Waals surface area contributed by atoms with Crippen molar-refractivity contribution in [1.82, 2.24) is 0 Å². The lowest BCUT2D eigenvalue weighted by atomic mass is 10.5. The van der Waals surface area contributed by atoms with Gasteiger partial charge in [0.05, 0.1) is 5.03 Å². The topological polar surface area (TPSA) is 20.2 Å². The molecule has 40 valence electrons. The van der Waals surface area contributed by atoms with Gasteiger partial charge in [-0.1, -0.05) is 24.3 Å². The summed E-state index contributed by atoms with van der Waals surface area (Å²) in [6, 6.07) is 0. The van der Waals surface area contributed by atoms with Gasteiger partial charge in [0.1, 0.15) is 5.76 Å². The molecule has 0 saturated heterocycles. The highest BCUT2D eigenvalue weighted by molar-refractivity contribution is 6.31. The van der Waals surface area contributed by atoms with Crippen molar-refractivity contribution in [2.45, 2.75) is 6.92 Å². The molecule has 0 aliphatic carbocycles. The largest absolute Gasteiger partial charge is 0.507 e. The summed E-state index contributed by atoms with van der Waals surface area (Å²) in [5, 5.41) is 8.73. The monoisotopic (exact) mass is 118 g/mol. The fourth-order valence-electron chi connectivity index (χ4n) is 0.167. The molecular formula is C5H7ClO. The molecule has 0 aromatic heterocycles. The fraction of sp³-hybridized carbons (Fsp3) is 0.200. The minimum Gasteiger partial charge on any atom is -0.507 e. The molecule has 0 amide bonds. The van der Waals surface area contributed by atoms with Crippen molar-refractivity contribution in [3.8, 4) is 0 Å². The van der Waals surface area contributed by atoms with Crippen molar-refractivity contribution in [2.75, 3.05) is 0 Å². The van der Waals surface area contributed by atoms with Crippen molar-refractivity contribution < 1.29 is 5.11 Å². The molecule has 7 heavy (non-hydrogen) atoms. The zero-order valence-electron chi connectivity index (χ0n) is 4.11. The molecule has 0 rings (SSSR count). The lowest BCUT2D eigenvalue weighted by Crippen LogP contribution is -1.72. The van der Waals surface area contributed by atoms with Gasteiger partial charge in [-0.25, -0.2) is 0 Å². The number of aliphatic hydroxyl groups excluding tert-OH is 1. The summed E-state index contributed by atoms with van der Waals surface area (Å²) >= 11 is 5.31. The highest BCUT2D eigenvalue weighted by Crippen LogP contribution is 2.07. The lowest BCUT2D eigenvalue weighted by molar-refractivity contribution is 0.432. The van der Waals surface area contributed by atoms with E-state index in [0.717, 1.165) is 0 Å². The minimum absolute atomic E-state index is 0.0795. The van der Waals surface area contributed by atoms with Crippen molar-refractivity contribution in [3.05, 3.63) is 23.4 Å². The van der Waals surface area contributed by atoms with Crippen LogP contribution in [0.25, 0.3) is 0 Å². The van der Waals surface area contributed by atoms with E-state index >= 15 is 0 Å². The summed E-state index contributed by atoms with van der Waals surface area (Å²) in [7, 11) is 0. The normalized spacial score (nSPS) is 11.4. The Hall–Kier alpha value is -0.430. The van der Waals surface area contributed by atoms with Crippen molar-refractivity contribution in [2.24, 2.45) is 0 Å². The molecule has 1 N–H and O–H groups in total. The molecule has 0 unspecified atom stereocenters. The second-order valence-corrected chi connectivity index (χ2v) is 1.49. The zero-order chi connectivity index (χ0) is 5.86. The minimum atomic E-state index is -0.0795. The predicted octanol–water partition coefficient (Wildman–Crippen LogP) is 2.20. The second-order valence-electron chi connectivity index (χ2n) is 1.08. The smallest absolute Gasteiger partial charge is 0.126 e. The Kier molecular flexibility index (Phi) is 2.53. The van der Waals surface area contributed by atoms with E-state index in [4.69, 9.17) is 16.7 Å². The van der Waals surface area contributed by atoms with Crippen LogP contribution in [-0.4, -0.2) is 5.11 Å². The van der Waals surface area contributed by atoms with E-state index in [-0.39, 0.29) is 5.76 Å². The molecule has 0 heterocycles. The van der Waals surface area contributed by atoms with Gasteiger partial charge in [0, 0.05) is 0 Å². The molecule has 0 fully saturated rings. The Morgan fingerprint density at radius 1 is 1.86 bits per heavy atom. The van der Waals surface area contributed by atoms with Crippen LogP contribution in [0.1, 0.15) is 6.92 Å². The van der Waals surface area contributed by atoms with Gasteiger partial charge in [0.15, 0.2) is 0 Å². The first-order chi connectivity index (χ1) is 3.18. The summed E-state index contributed by atoms with van der Waals surface area (Å²) in [6.45, 7) is 4.91. The van der Waals surface area contributed by atoms with Gasteiger partial charge < -0.3 is 5.11 Å². The Morgan fingerprint density at radius 3 is 2.29 bits per heavy atom. The summed E-state index contributed by atoms with van der Waals surface area (Å²) in [4.78, 5) is 0. The lowest BCUT2D eigenvalue weighted by Gasteiger charge is -1.88. The molecule has 0 atom stereocenters. The van der Waals surface area contributed by atoms with Crippen molar-refractivity contribution in [1.29, 1.82) is 0 Å². The third-order valence-electron chi connectivity index (χ3n) is 0.529. The van der Waals surface area contributed by atoms with Gasteiger partial charge in [-0.05, 0) is 6.92 Å². The van der Waals surface area contributed by atoms with Crippen LogP contribution in [0.3, 0.4) is 0 Å². The molecule has 1 nitrogen and oxygen atoms in total. The highest BCUT2D eigenvalue weighted by atomic mass is 35.5. The van der Waals surface area contributed by atoms with Gasteiger partial charge in [0.25, 0.3) is 0 Å². The van der Waals surface area contributed by atoms with E-state index in [1.165, 1.54) is 0 Å². The number of hydrogen-bond acceptors (Lipinski definition) is 1. The third kappa shape index (κ3) is 2.29. The number of rotatable bonds is 1. The first-order valence-electron chi connectivity index (χ1n) is 1.88. The summed E-state index contributed by atoms with van der Waals surface area (Å²) in [5.74, 6) is -0.0795. The molecular weight excluding hydrogens is 112 g/mol. The van der Waals surface area contributed by atoms with Gasteiger partial charge in [-0.3, -0.25) is 0 Å². The average Bonchev–Trinajstić information content (AvgIpc) is 1.65. The number of aliphatic hydroxyl groups is 1. The standard InChI is InChI=1S/C5H7ClO/c1-3-5(6)4(2)7/h3,7H,2H2,1H3/b5-3+.